The van der Waals surface area contributed by atoms with E-state index in [1.54, 1.807) is 0 Å². The first-order chi connectivity index (χ1) is 8.65. The summed E-state index contributed by atoms with van der Waals surface area (Å²) in [6, 6.07) is 8.53. The molecule has 0 bridgehead atoms. The molecule has 0 spiro atoms. The van der Waals surface area contributed by atoms with Gasteiger partial charge in [-0.1, -0.05) is 6.07 Å². The molecule has 1 aliphatic rings. The Bertz CT molecular complexity index is 413. The third-order valence-electron chi connectivity index (χ3n) is 3.01. The molecular formula is C14H21N3O. The quantitative estimate of drug-likeness (QED) is 0.806. The minimum absolute atomic E-state index is 0.0686. The van der Waals surface area contributed by atoms with Crippen molar-refractivity contribution < 1.29 is 4.79 Å². The molecule has 98 valence electrons. The molecule has 1 amide bonds. The molecule has 0 atom stereocenters. The van der Waals surface area contributed by atoms with Crippen LogP contribution in [-0.4, -0.2) is 32.6 Å². The summed E-state index contributed by atoms with van der Waals surface area (Å²) in [5, 5.41) is 6.26. The number of anilines is 2. The van der Waals surface area contributed by atoms with E-state index in [4.69, 9.17) is 0 Å². The third-order valence-corrected chi connectivity index (χ3v) is 3.01. The Labute approximate surface area is 108 Å². The lowest BCUT2D eigenvalue weighted by atomic mass is 10.2. The predicted molar refractivity (Wildman–Crippen MR) is 75.0 cm³/mol. The van der Waals surface area contributed by atoms with E-state index in [2.05, 4.69) is 10.6 Å². The smallest absolute Gasteiger partial charge is 0.225 e. The second-order valence-electron chi connectivity index (χ2n) is 4.97. The highest BCUT2D eigenvalue weighted by atomic mass is 16.1. The second-order valence-corrected chi connectivity index (χ2v) is 4.97. The summed E-state index contributed by atoms with van der Waals surface area (Å²) in [6.07, 6.45) is 3.04. The largest absolute Gasteiger partial charge is 0.378 e. The Kier molecular flexibility index (Phi) is 4.20. The van der Waals surface area contributed by atoms with Crippen LogP contribution in [0.1, 0.15) is 19.3 Å². The van der Waals surface area contributed by atoms with Gasteiger partial charge in [0.05, 0.1) is 0 Å². The molecule has 0 saturated heterocycles. The van der Waals surface area contributed by atoms with Gasteiger partial charge in [0.1, 0.15) is 0 Å². The molecule has 0 aromatic heterocycles. The number of rotatable bonds is 6. The molecule has 1 aliphatic carbocycles. The topological polar surface area (TPSA) is 44.4 Å². The van der Waals surface area contributed by atoms with Crippen LogP contribution in [0, 0.1) is 0 Å². The summed E-state index contributed by atoms with van der Waals surface area (Å²) in [4.78, 5) is 13.7. The molecule has 0 aliphatic heterocycles. The van der Waals surface area contributed by atoms with Crippen molar-refractivity contribution >= 4 is 17.3 Å². The van der Waals surface area contributed by atoms with Gasteiger partial charge in [0.25, 0.3) is 0 Å². The van der Waals surface area contributed by atoms with Crippen molar-refractivity contribution in [2.24, 2.45) is 0 Å². The lowest BCUT2D eigenvalue weighted by Crippen LogP contribution is -2.23. The van der Waals surface area contributed by atoms with Gasteiger partial charge < -0.3 is 15.5 Å². The van der Waals surface area contributed by atoms with E-state index in [0.717, 1.165) is 17.9 Å². The van der Waals surface area contributed by atoms with E-state index in [1.165, 1.54) is 12.8 Å². The summed E-state index contributed by atoms with van der Waals surface area (Å²) in [5.41, 5.74) is 1.95. The van der Waals surface area contributed by atoms with Gasteiger partial charge in [-0.2, -0.15) is 0 Å². The Hall–Kier alpha value is -1.55. The van der Waals surface area contributed by atoms with Crippen LogP contribution in [0.2, 0.25) is 0 Å². The molecule has 0 radical (unpaired) electrons. The molecule has 2 N–H and O–H groups in total. The molecule has 1 aromatic carbocycles. The lowest BCUT2D eigenvalue weighted by Gasteiger charge is -2.14. The van der Waals surface area contributed by atoms with Gasteiger partial charge >= 0.3 is 0 Å². The molecule has 4 nitrogen and oxygen atoms in total. The minimum atomic E-state index is 0.0686. The highest BCUT2D eigenvalue weighted by molar-refractivity contribution is 5.91. The molecule has 1 fully saturated rings. The number of nitrogens with zero attached hydrogens (tertiary/aromatic N) is 1. The second kappa shape index (κ2) is 5.87. The normalized spacial score (nSPS) is 14.3. The van der Waals surface area contributed by atoms with Crippen LogP contribution in [0.15, 0.2) is 24.3 Å². The molecule has 4 heteroatoms. The van der Waals surface area contributed by atoms with Gasteiger partial charge in [-0.15, -0.1) is 0 Å². The average molecular weight is 247 g/mol. The van der Waals surface area contributed by atoms with Crippen molar-refractivity contribution in [2.45, 2.75) is 25.3 Å². The number of nitrogens with one attached hydrogen (secondary N) is 2. The van der Waals surface area contributed by atoms with Gasteiger partial charge in [0.15, 0.2) is 0 Å². The van der Waals surface area contributed by atoms with Crippen molar-refractivity contribution in [1.29, 1.82) is 0 Å². The number of amides is 1. The average Bonchev–Trinajstić information content (AvgIpc) is 3.13. The fourth-order valence-electron chi connectivity index (χ4n) is 1.76. The maximum atomic E-state index is 11.7. The van der Waals surface area contributed by atoms with Crippen LogP contribution < -0.4 is 15.5 Å². The molecule has 18 heavy (non-hydrogen) atoms. The van der Waals surface area contributed by atoms with E-state index >= 15 is 0 Å². The fraction of sp³-hybridized carbons (Fsp3) is 0.500. The Morgan fingerprint density at radius 1 is 1.39 bits per heavy atom. The van der Waals surface area contributed by atoms with E-state index in [1.807, 2.05) is 43.3 Å². The van der Waals surface area contributed by atoms with Crippen LogP contribution >= 0.6 is 0 Å². The Balaban J connectivity index is 1.79. The Morgan fingerprint density at radius 3 is 2.83 bits per heavy atom. The van der Waals surface area contributed by atoms with Crippen LogP contribution in [0.5, 0.6) is 0 Å². The van der Waals surface area contributed by atoms with Gasteiger partial charge in [-0.05, 0) is 31.0 Å². The summed E-state index contributed by atoms with van der Waals surface area (Å²) in [7, 11) is 3.97. The first-order valence-corrected chi connectivity index (χ1v) is 6.46. The van der Waals surface area contributed by atoms with Crippen LogP contribution in [-0.2, 0) is 4.79 Å². The monoisotopic (exact) mass is 247 g/mol. The molecule has 2 rings (SSSR count). The Morgan fingerprint density at radius 2 is 2.17 bits per heavy atom. The highest BCUT2D eigenvalue weighted by Crippen LogP contribution is 2.19. The van der Waals surface area contributed by atoms with E-state index in [9.17, 15) is 4.79 Å². The number of carbonyl (C=O) groups is 1. The van der Waals surface area contributed by atoms with Gasteiger partial charge in [-0.3, -0.25) is 4.79 Å². The number of benzene rings is 1. The van der Waals surface area contributed by atoms with E-state index in [-0.39, 0.29) is 5.91 Å². The van der Waals surface area contributed by atoms with Crippen molar-refractivity contribution in [2.75, 3.05) is 30.9 Å². The summed E-state index contributed by atoms with van der Waals surface area (Å²) in [5.74, 6) is 0.0686. The van der Waals surface area contributed by atoms with Gasteiger partial charge in [0, 0.05) is 44.5 Å². The van der Waals surface area contributed by atoms with Crippen molar-refractivity contribution in [3.63, 3.8) is 0 Å². The highest BCUT2D eigenvalue weighted by Gasteiger charge is 2.20. The first-order valence-electron chi connectivity index (χ1n) is 6.46. The van der Waals surface area contributed by atoms with Crippen LogP contribution in [0.3, 0.4) is 0 Å². The minimum Gasteiger partial charge on any atom is -0.378 e. The van der Waals surface area contributed by atoms with Crippen LogP contribution in [0.25, 0.3) is 0 Å². The number of hydrogen-bond donors (Lipinski definition) is 2. The third kappa shape index (κ3) is 4.04. The first kappa shape index (κ1) is 12.9. The maximum Gasteiger partial charge on any atom is 0.225 e. The number of carbonyl (C=O) groups excluding carboxylic acids is 1. The summed E-state index contributed by atoms with van der Waals surface area (Å²) in [6.45, 7) is 0.768. The molecular weight excluding hydrogens is 226 g/mol. The van der Waals surface area contributed by atoms with E-state index < -0.39 is 0 Å². The maximum absolute atomic E-state index is 11.7. The molecule has 0 heterocycles. The number of hydrogen-bond acceptors (Lipinski definition) is 3. The fourth-order valence-corrected chi connectivity index (χ4v) is 1.76. The van der Waals surface area contributed by atoms with Crippen molar-refractivity contribution in [3.05, 3.63) is 24.3 Å². The lowest BCUT2D eigenvalue weighted by molar-refractivity contribution is -0.116. The zero-order valence-electron chi connectivity index (χ0n) is 11.1. The summed E-state index contributed by atoms with van der Waals surface area (Å²) >= 11 is 0. The van der Waals surface area contributed by atoms with Gasteiger partial charge in [-0.25, -0.2) is 0 Å². The zero-order chi connectivity index (χ0) is 13.0. The molecule has 1 saturated carbocycles. The van der Waals surface area contributed by atoms with Gasteiger partial charge in [0.2, 0.25) is 5.91 Å². The van der Waals surface area contributed by atoms with Crippen LogP contribution in [0.4, 0.5) is 11.4 Å². The molecule has 1 aromatic rings. The van der Waals surface area contributed by atoms with Crippen molar-refractivity contribution in [3.8, 4) is 0 Å². The molecule has 0 unspecified atom stereocenters. The predicted octanol–water partition coefficient (Wildman–Crippen LogP) is 1.83. The standard InChI is InChI=1S/C14H21N3O/c1-17(2)13-5-3-4-12(10-13)16-14(18)8-9-15-11-6-7-11/h3-5,10-11,15H,6-9H2,1-2H3,(H,16,18). The van der Waals surface area contributed by atoms with Crippen molar-refractivity contribution in [1.82, 2.24) is 5.32 Å². The zero-order valence-corrected chi connectivity index (χ0v) is 11.1. The summed E-state index contributed by atoms with van der Waals surface area (Å²) < 4.78 is 0. The SMILES string of the molecule is CN(C)c1cccc(NC(=O)CCNC2CC2)c1. The van der Waals surface area contributed by atoms with E-state index in [0.29, 0.717) is 12.5 Å².